The molecule has 2 saturated heterocycles. The van der Waals surface area contributed by atoms with Crippen molar-refractivity contribution in [2.24, 2.45) is 5.92 Å². The Morgan fingerprint density at radius 2 is 1.62 bits per heavy atom. The quantitative estimate of drug-likeness (QED) is 0.749. The third kappa shape index (κ3) is 5.35. The van der Waals surface area contributed by atoms with E-state index in [9.17, 15) is 23.1 Å². The first-order chi connectivity index (χ1) is 15.4. The van der Waals surface area contributed by atoms with E-state index in [0.717, 1.165) is 38.0 Å². The Bertz CT molecular complexity index is 932. The highest BCUT2D eigenvalue weighted by Crippen LogP contribution is 2.28. The van der Waals surface area contributed by atoms with E-state index >= 15 is 0 Å². The lowest BCUT2D eigenvalue weighted by Crippen LogP contribution is -2.47. The molecule has 2 aliphatic rings. The maximum atomic E-state index is 13.8. The molecule has 4 rings (SSSR count). The van der Waals surface area contributed by atoms with Gasteiger partial charge in [-0.2, -0.15) is 0 Å². The summed E-state index contributed by atoms with van der Waals surface area (Å²) in [6, 6.07) is 8.41. The number of carbonyl (C=O) groups excluding carboxylic acids is 1. The Hall–Kier alpha value is -2.74. The molecule has 8 heteroatoms. The number of hydrogen-bond acceptors (Lipinski definition) is 4. The molecule has 2 aliphatic heterocycles. The van der Waals surface area contributed by atoms with Crippen molar-refractivity contribution in [3.05, 3.63) is 59.4 Å². The second kappa shape index (κ2) is 9.81. The minimum absolute atomic E-state index is 0.0279. The largest absolute Gasteiger partial charge is 0.508 e. The van der Waals surface area contributed by atoms with Crippen LogP contribution in [0, 0.1) is 23.4 Å². The van der Waals surface area contributed by atoms with Gasteiger partial charge in [-0.1, -0.05) is 12.1 Å². The van der Waals surface area contributed by atoms with Gasteiger partial charge in [0.25, 0.3) is 0 Å². The fourth-order valence-electron chi connectivity index (χ4n) is 4.51. The number of likely N-dealkylation sites (tertiary alicyclic amines) is 2. The van der Waals surface area contributed by atoms with Crippen LogP contribution in [0.2, 0.25) is 0 Å². The standard InChI is InChI=1S/C24H27F3N2O3/c25-18-13-21(26)23(22(27)14-18)32-20-6-10-29(11-7-20)24(31)17-4-8-28(9-5-17)15-16-2-1-3-19(30)12-16/h1-3,12-14,17,20,30H,4-11,15H2. The van der Waals surface area contributed by atoms with Gasteiger partial charge < -0.3 is 14.7 Å². The van der Waals surface area contributed by atoms with Crippen LogP contribution >= 0.6 is 0 Å². The van der Waals surface area contributed by atoms with Gasteiger partial charge in [0.05, 0.1) is 0 Å². The van der Waals surface area contributed by atoms with E-state index in [4.69, 9.17) is 4.74 Å². The Morgan fingerprint density at radius 3 is 2.25 bits per heavy atom. The zero-order valence-corrected chi connectivity index (χ0v) is 17.8. The first-order valence-electron chi connectivity index (χ1n) is 11.0. The monoisotopic (exact) mass is 448 g/mol. The van der Waals surface area contributed by atoms with Crippen molar-refractivity contribution in [2.75, 3.05) is 26.2 Å². The normalized spacial score (nSPS) is 18.7. The number of ether oxygens (including phenoxy) is 1. The second-order valence-corrected chi connectivity index (χ2v) is 8.56. The predicted octanol–water partition coefficient (Wildman–Crippen LogP) is 4.09. The zero-order chi connectivity index (χ0) is 22.7. The molecule has 2 aromatic carbocycles. The molecule has 1 N–H and O–H groups in total. The Kier molecular flexibility index (Phi) is 6.89. The molecule has 0 aromatic heterocycles. The van der Waals surface area contributed by atoms with E-state index in [1.165, 1.54) is 0 Å². The number of carbonyl (C=O) groups is 1. The van der Waals surface area contributed by atoms with Gasteiger partial charge in [0.1, 0.15) is 17.7 Å². The molecule has 0 atom stereocenters. The lowest BCUT2D eigenvalue weighted by molar-refractivity contribution is -0.139. The van der Waals surface area contributed by atoms with Crippen LogP contribution in [-0.4, -0.2) is 53.1 Å². The van der Waals surface area contributed by atoms with Crippen LogP contribution in [0.1, 0.15) is 31.2 Å². The first kappa shape index (κ1) is 22.5. The third-order valence-electron chi connectivity index (χ3n) is 6.25. The maximum Gasteiger partial charge on any atom is 0.225 e. The van der Waals surface area contributed by atoms with Gasteiger partial charge in [-0.15, -0.1) is 0 Å². The Labute approximate surface area is 185 Å². The molecule has 0 radical (unpaired) electrons. The molecule has 32 heavy (non-hydrogen) atoms. The molecule has 2 heterocycles. The van der Waals surface area contributed by atoms with Gasteiger partial charge in [0, 0.05) is 50.5 Å². The number of aromatic hydroxyl groups is 1. The average molecular weight is 448 g/mol. The molecule has 1 amide bonds. The summed E-state index contributed by atoms with van der Waals surface area (Å²) < 4.78 is 46.1. The van der Waals surface area contributed by atoms with E-state index in [0.29, 0.717) is 38.1 Å². The molecule has 0 bridgehead atoms. The van der Waals surface area contributed by atoms with Crippen molar-refractivity contribution >= 4 is 5.91 Å². The number of rotatable bonds is 5. The fourth-order valence-corrected chi connectivity index (χ4v) is 4.51. The van der Waals surface area contributed by atoms with Crippen LogP contribution in [0.4, 0.5) is 13.2 Å². The summed E-state index contributed by atoms with van der Waals surface area (Å²) >= 11 is 0. The molecule has 5 nitrogen and oxygen atoms in total. The molecule has 2 fully saturated rings. The second-order valence-electron chi connectivity index (χ2n) is 8.56. The van der Waals surface area contributed by atoms with Gasteiger partial charge in [-0.05, 0) is 43.6 Å². The van der Waals surface area contributed by atoms with E-state index < -0.39 is 29.3 Å². The SMILES string of the molecule is O=C(C1CCN(Cc2cccc(O)c2)CC1)N1CCC(Oc2c(F)cc(F)cc2F)CC1. The van der Waals surface area contributed by atoms with Crippen molar-refractivity contribution in [1.82, 2.24) is 9.80 Å². The van der Waals surface area contributed by atoms with E-state index in [1.54, 1.807) is 12.1 Å². The van der Waals surface area contributed by atoms with Gasteiger partial charge in [-0.3, -0.25) is 9.69 Å². The van der Waals surface area contributed by atoms with Crippen molar-refractivity contribution < 1.29 is 27.8 Å². The van der Waals surface area contributed by atoms with Gasteiger partial charge in [0.15, 0.2) is 17.4 Å². The minimum atomic E-state index is -1.06. The molecular formula is C24H27F3N2O3. The highest BCUT2D eigenvalue weighted by atomic mass is 19.1. The summed E-state index contributed by atoms with van der Waals surface area (Å²) in [6.07, 6.45) is 2.08. The number of piperidine rings is 2. The number of halogens is 3. The average Bonchev–Trinajstić information content (AvgIpc) is 2.77. The highest BCUT2D eigenvalue weighted by molar-refractivity contribution is 5.79. The van der Waals surface area contributed by atoms with Crippen molar-refractivity contribution in [3.8, 4) is 11.5 Å². The molecule has 0 saturated carbocycles. The Balaban J connectivity index is 1.24. The zero-order valence-electron chi connectivity index (χ0n) is 17.8. The number of amides is 1. The van der Waals surface area contributed by atoms with E-state index in [1.807, 2.05) is 17.0 Å². The van der Waals surface area contributed by atoms with Crippen LogP contribution in [0.15, 0.2) is 36.4 Å². The third-order valence-corrected chi connectivity index (χ3v) is 6.25. The molecule has 0 unspecified atom stereocenters. The number of phenolic OH excluding ortho intramolecular Hbond substituents is 1. The summed E-state index contributed by atoms with van der Waals surface area (Å²) in [7, 11) is 0. The maximum absolute atomic E-state index is 13.8. The summed E-state index contributed by atoms with van der Waals surface area (Å²) in [5, 5.41) is 9.61. The van der Waals surface area contributed by atoms with Crippen LogP contribution < -0.4 is 4.74 Å². The molecule has 0 spiro atoms. The highest BCUT2D eigenvalue weighted by Gasteiger charge is 2.32. The van der Waals surface area contributed by atoms with Crippen LogP contribution in [0.5, 0.6) is 11.5 Å². The number of phenols is 1. The molecular weight excluding hydrogens is 421 g/mol. The lowest BCUT2D eigenvalue weighted by atomic mass is 9.93. The van der Waals surface area contributed by atoms with E-state index in [-0.39, 0.29) is 17.6 Å². The first-order valence-corrected chi connectivity index (χ1v) is 11.0. The fraction of sp³-hybridized carbons (Fsp3) is 0.458. The summed E-state index contributed by atoms with van der Waals surface area (Å²) in [4.78, 5) is 17.0. The Morgan fingerprint density at radius 1 is 0.969 bits per heavy atom. The van der Waals surface area contributed by atoms with Gasteiger partial charge in [0.2, 0.25) is 5.91 Å². The molecule has 2 aromatic rings. The van der Waals surface area contributed by atoms with Crippen molar-refractivity contribution in [1.29, 1.82) is 0 Å². The summed E-state index contributed by atoms with van der Waals surface area (Å²) in [6.45, 7) is 3.31. The van der Waals surface area contributed by atoms with Crippen molar-refractivity contribution in [3.63, 3.8) is 0 Å². The van der Waals surface area contributed by atoms with Gasteiger partial charge in [-0.25, -0.2) is 13.2 Å². The van der Waals surface area contributed by atoms with Crippen LogP contribution in [0.3, 0.4) is 0 Å². The topological polar surface area (TPSA) is 53.0 Å². The van der Waals surface area contributed by atoms with E-state index in [2.05, 4.69) is 4.90 Å². The summed E-state index contributed by atoms with van der Waals surface area (Å²) in [5.74, 6) is -3.31. The summed E-state index contributed by atoms with van der Waals surface area (Å²) in [5.41, 5.74) is 1.05. The van der Waals surface area contributed by atoms with Crippen LogP contribution in [0.25, 0.3) is 0 Å². The number of hydrogen-bond donors (Lipinski definition) is 1. The van der Waals surface area contributed by atoms with Crippen LogP contribution in [-0.2, 0) is 11.3 Å². The van der Waals surface area contributed by atoms with Crippen molar-refractivity contribution in [2.45, 2.75) is 38.3 Å². The molecule has 172 valence electrons. The number of nitrogens with zero attached hydrogens (tertiary/aromatic N) is 2. The lowest BCUT2D eigenvalue weighted by Gasteiger charge is -2.37. The molecule has 0 aliphatic carbocycles. The predicted molar refractivity (Wildman–Crippen MR) is 113 cm³/mol. The number of benzene rings is 2. The van der Waals surface area contributed by atoms with Gasteiger partial charge >= 0.3 is 0 Å². The smallest absolute Gasteiger partial charge is 0.225 e. The minimum Gasteiger partial charge on any atom is -0.508 e.